The van der Waals surface area contributed by atoms with E-state index in [1.165, 1.54) is 12.1 Å². The van der Waals surface area contributed by atoms with Crippen molar-refractivity contribution in [3.05, 3.63) is 23.8 Å². The van der Waals surface area contributed by atoms with Gasteiger partial charge in [0.05, 0.1) is 0 Å². The van der Waals surface area contributed by atoms with Crippen molar-refractivity contribution in [3.8, 4) is 11.5 Å². The summed E-state index contributed by atoms with van der Waals surface area (Å²) in [6, 6.07) is 3.43. The first-order chi connectivity index (χ1) is 8.40. The number of hydrogen-bond acceptors (Lipinski definition) is 5. The van der Waals surface area contributed by atoms with Crippen LogP contribution in [0.15, 0.2) is 18.2 Å². The fraction of sp³-hybridized carbons (Fsp3) is 0.333. The molecule has 1 rings (SSSR count). The second-order valence-electron chi connectivity index (χ2n) is 4.00. The Labute approximate surface area is 104 Å². The summed E-state index contributed by atoms with van der Waals surface area (Å²) in [7, 11) is 0. The number of rotatable bonds is 4. The minimum absolute atomic E-state index is 0.0433. The first kappa shape index (κ1) is 13.8. The van der Waals surface area contributed by atoms with Crippen molar-refractivity contribution in [1.82, 2.24) is 5.32 Å². The Balaban J connectivity index is 2.58. The van der Waals surface area contributed by atoms with Gasteiger partial charge < -0.3 is 20.3 Å². The topological polar surface area (TPSA) is 95.9 Å². The first-order valence-corrected chi connectivity index (χ1v) is 5.38. The van der Waals surface area contributed by atoms with Gasteiger partial charge in [0.15, 0.2) is 6.61 Å². The average molecular weight is 253 g/mol. The van der Waals surface area contributed by atoms with Crippen LogP contribution < -0.4 is 5.32 Å². The Morgan fingerprint density at radius 1 is 1.33 bits per heavy atom. The van der Waals surface area contributed by atoms with Gasteiger partial charge in [-0.2, -0.15) is 0 Å². The summed E-state index contributed by atoms with van der Waals surface area (Å²) in [4.78, 5) is 22.8. The molecule has 98 valence electrons. The smallest absolute Gasteiger partial charge is 0.342 e. The molecule has 0 aliphatic rings. The maximum Gasteiger partial charge on any atom is 0.342 e. The number of ether oxygens (including phenoxy) is 1. The van der Waals surface area contributed by atoms with E-state index in [1.807, 2.05) is 0 Å². The highest BCUT2D eigenvalue weighted by Crippen LogP contribution is 2.22. The highest BCUT2D eigenvalue weighted by atomic mass is 16.5. The number of benzene rings is 1. The molecule has 1 aromatic rings. The van der Waals surface area contributed by atoms with Crippen LogP contribution in [0.4, 0.5) is 0 Å². The van der Waals surface area contributed by atoms with Crippen molar-refractivity contribution in [2.24, 2.45) is 0 Å². The van der Waals surface area contributed by atoms with E-state index in [9.17, 15) is 14.7 Å². The molecule has 0 saturated heterocycles. The quantitative estimate of drug-likeness (QED) is 0.689. The number of hydrogen-bond donors (Lipinski definition) is 3. The van der Waals surface area contributed by atoms with Crippen LogP contribution in [0.2, 0.25) is 0 Å². The molecule has 0 radical (unpaired) electrons. The van der Waals surface area contributed by atoms with Gasteiger partial charge in [-0.1, -0.05) is 0 Å². The second-order valence-corrected chi connectivity index (χ2v) is 4.00. The molecule has 0 aliphatic heterocycles. The first-order valence-electron chi connectivity index (χ1n) is 5.38. The van der Waals surface area contributed by atoms with Crippen LogP contribution in [-0.4, -0.2) is 34.7 Å². The summed E-state index contributed by atoms with van der Waals surface area (Å²) in [6.07, 6.45) is 0. The van der Waals surface area contributed by atoms with Gasteiger partial charge in [-0.15, -0.1) is 0 Å². The van der Waals surface area contributed by atoms with Gasteiger partial charge >= 0.3 is 5.97 Å². The Hall–Kier alpha value is -2.24. The van der Waals surface area contributed by atoms with Gasteiger partial charge in [0.25, 0.3) is 5.91 Å². The van der Waals surface area contributed by atoms with Crippen molar-refractivity contribution in [2.75, 3.05) is 6.61 Å². The number of esters is 1. The van der Waals surface area contributed by atoms with Gasteiger partial charge in [-0.05, 0) is 26.0 Å². The van der Waals surface area contributed by atoms with Gasteiger partial charge in [0.1, 0.15) is 17.1 Å². The third-order valence-corrected chi connectivity index (χ3v) is 1.99. The summed E-state index contributed by atoms with van der Waals surface area (Å²) < 4.78 is 4.72. The lowest BCUT2D eigenvalue weighted by molar-refractivity contribution is -0.124. The van der Waals surface area contributed by atoms with Crippen LogP contribution in [0.5, 0.6) is 11.5 Å². The van der Waals surface area contributed by atoms with E-state index in [1.54, 1.807) is 13.8 Å². The Morgan fingerprint density at radius 3 is 2.56 bits per heavy atom. The summed E-state index contributed by atoms with van der Waals surface area (Å²) in [5, 5.41) is 21.0. The van der Waals surface area contributed by atoms with Gasteiger partial charge in [-0.3, -0.25) is 4.79 Å². The molecule has 0 saturated carbocycles. The lowest BCUT2D eigenvalue weighted by Gasteiger charge is -2.09. The molecule has 0 atom stereocenters. The van der Waals surface area contributed by atoms with Crippen LogP contribution in [0, 0.1) is 0 Å². The van der Waals surface area contributed by atoms with Crippen LogP contribution in [0.3, 0.4) is 0 Å². The third-order valence-electron chi connectivity index (χ3n) is 1.99. The summed E-state index contributed by atoms with van der Waals surface area (Å²) in [5.41, 5.74) is -0.106. The third kappa shape index (κ3) is 3.97. The molecular weight excluding hydrogens is 238 g/mol. The minimum atomic E-state index is -0.827. The monoisotopic (exact) mass is 253 g/mol. The molecule has 1 aromatic carbocycles. The average Bonchev–Trinajstić information content (AvgIpc) is 2.25. The van der Waals surface area contributed by atoms with Gasteiger partial charge in [0, 0.05) is 12.1 Å². The number of aromatic hydroxyl groups is 2. The van der Waals surface area contributed by atoms with Gasteiger partial charge in [-0.25, -0.2) is 4.79 Å². The zero-order valence-corrected chi connectivity index (χ0v) is 10.1. The molecule has 0 aromatic heterocycles. The molecule has 1 amide bonds. The van der Waals surface area contributed by atoms with Crippen molar-refractivity contribution < 1.29 is 24.5 Å². The number of phenols is 2. The van der Waals surface area contributed by atoms with E-state index in [0.29, 0.717) is 0 Å². The lowest BCUT2D eigenvalue weighted by atomic mass is 10.2. The van der Waals surface area contributed by atoms with Crippen molar-refractivity contribution in [3.63, 3.8) is 0 Å². The molecule has 6 nitrogen and oxygen atoms in total. The van der Waals surface area contributed by atoms with Crippen molar-refractivity contribution in [2.45, 2.75) is 19.9 Å². The number of amides is 1. The molecule has 18 heavy (non-hydrogen) atoms. The number of carbonyl (C=O) groups excluding carboxylic acids is 2. The lowest BCUT2D eigenvalue weighted by Crippen LogP contribution is -2.33. The Kier molecular flexibility index (Phi) is 4.53. The molecule has 0 aliphatic carbocycles. The predicted molar refractivity (Wildman–Crippen MR) is 63.3 cm³/mol. The fourth-order valence-corrected chi connectivity index (χ4v) is 1.27. The minimum Gasteiger partial charge on any atom is -0.508 e. The van der Waals surface area contributed by atoms with Crippen LogP contribution in [-0.2, 0) is 9.53 Å². The second kappa shape index (κ2) is 5.90. The standard InChI is InChI=1S/C12H15NO5/c1-7(2)13-11(16)6-18-12(17)9-4-3-8(14)5-10(9)15/h3-5,7,14-15H,6H2,1-2H3,(H,13,16). The number of nitrogens with one attached hydrogen (secondary N) is 1. The highest BCUT2D eigenvalue weighted by Gasteiger charge is 2.14. The molecule has 0 fully saturated rings. The molecule has 3 N–H and O–H groups in total. The van der Waals surface area contributed by atoms with E-state index >= 15 is 0 Å². The summed E-state index contributed by atoms with van der Waals surface area (Å²) in [5.74, 6) is -1.81. The van der Waals surface area contributed by atoms with E-state index in [-0.39, 0.29) is 17.4 Å². The van der Waals surface area contributed by atoms with Crippen molar-refractivity contribution in [1.29, 1.82) is 0 Å². The zero-order valence-electron chi connectivity index (χ0n) is 10.1. The van der Waals surface area contributed by atoms with E-state index in [4.69, 9.17) is 9.84 Å². The molecule has 6 heteroatoms. The molecular formula is C12H15NO5. The molecule has 0 bridgehead atoms. The predicted octanol–water partition coefficient (Wildman–Crippen LogP) is 0.779. The summed E-state index contributed by atoms with van der Waals surface area (Å²) in [6.45, 7) is 3.15. The van der Waals surface area contributed by atoms with Crippen LogP contribution >= 0.6 is 0 Å². The van der Waals surface area contributed by atoms with E-state index in [0.717, 1.165) is 6.07 Å². The zero-order chi connectivity index (χ0) is 13.7. The van der Waals surface area contributed by atoms with E-state index < -0.39 is 24.2 Å². The largest absolute Gasteiger partial charge is 0.508 e. The summed E-state index contributed by atoms with van der Waals surface area (Å²) >= 11 is 0. The number of phenolic OH excluding ortho intramolecular Hbond substituents is 2. The maximum atomic E-state index is 11.5. The highest BCUT2D eigenvalue weighted by molar-refractivity contribution is 5.94. The van der Waals surface area contributed by atoms with Crippen LogP contribution in [0.25, 0.3) is 0 Å². The normalized spacial score (nSPS) is 10.2. The SMILES string of the molecule is CC(C)NC(=O)COC(=O)c1ccc(O)cc1O. The Bertz CT molecular complexity index is 456. The molecule has 0 unspecified atom stereocenters. The number of carbonyl (C=O) groups is 2. The van der Waals surface area contributed by atoms with Crippen molar-refractivity contribution >= 4 is 11.9 Å². The van der Waals surface area contributed by atoms with E-state index in [2.05, 4.69) is 5.32 Å². The Morgan fingerprint density at radius 2 is 2.00 bits per heavy atom. The van der Waals surface area contributed by atoms with Gasteiger partial charge in [0.2, 0.25) is 0 Å². The molecule has 0 heterocycles. The fourth-order valence-electron chi connectivity index (χ4n) is 1.27. The maximum absolute atomic E-state index is 11.5. The van der Waals surface area contributed by atoms with Crippen LogP contribution in [0.1, 0.15) is 24.2 Å². The molecule has 0 spiro atoms.